The van der Waals surface area contributed by atoms with E-state index in [0.717, 1.165) is 5.56 Å². The normalized spacial score (nSPS) is 13.0. The van der Waals surface area contributed by atoms with E-state index in [-0.39, 0.29) is 0 Å². The number of para-hydroxylation sites is 1. The van der Waals surface area contributed by atoms with Crippen LogP contribution in [0, 0.1) is 5.92 Å². The van der Waals surface area contributed by atoms with Crippen LogP contribution in [0.15, 0.2) is 30.5 Å². The highest BCUT2D eigenvalue weighted by atomic mass is 16.4. The maximum Gasteiger partial charge on any atom is 0.320 e. The maximum atomic E-state index is 11.3. The molecule has 108 valence electrons. The fourth-order valence-corrected chi connectivity index (χ4v) is 2.54. The Morgan fingerprint density at radius 1 is 1.35 bits per heavy atom. The number of carboxylic acids is 1. The molecule has 1 aromatic carbocycles. The first-order valence-electron chi connectivity index (χ1n) is 6.98. The molecule has 2 aromatic rings. The number of nitrogens with zero attached hydrogens (tertiary/aromatic N) is 1. The van der Waals surface area contributed by atoms with Gasteiger partial charge in [-0.3, -0.25) is 4.79 Å². The lowest BCUT2D eigenvalue weighted by Gasteiger charge is -2.16. The van der Waals surface area contributed by atoms with Crippen LogP contribution in [0.3, 0.4) is 0 Å². The van der Waals surface area contributed by atoms with E-state index in [9.17, 15) is 9.90 Å². The summed E-state index contributed by atoms with van der Waals surface area (Å²) in [7, 11) is 2.01. The van der Waals surface area contributed by atoms with Crippen molar-refractivity contribution in [3.05, 3.63) is 36.0 Å². The van der Waals surface area contributed by atoms with Crippen molar-refractivity contribution in [2.45, 2.75) is 32.9 Å². The number of aryl methyl sites for hydroxylation is 1. The van der Waals surface area contributed by atoms with Gasteiger partial charge in [-0.2, -0.15) is 0 Å². The van der Waals surface area contributed by atoms with E-state index in [1.165, 1.54) is 10.9 Å². The molecule has 4 nitrogen and oxygen atoms in total. The number of benzene rings is 1. The predicted octanol–water partition coefficient (Wildman–Crippen LogP) is 2.77. The number of rotatable bonds is 6. The van der Waals surface area contributed by atoms with Crippen LogP contribution in [-0.2, 0) is 18.4 Å². The second-order valence-electron chi connectivity index (χ2n) is 5.68. The van der Waals surface area contributed by atoms with Gasteiger partial charge in [-0.25, -0.2) is 0 Å². The van der Waals surface area contributed by atoms with Gasteiger partial charge in [0, 0.05) is 30.7 Å². The Kier molecular flexibility index (Phi) is 4.45. The average molecular weight is 274 g/mol. The van der Waals surface area contributed by atoms with Gasteiger partial charge in [0.15, 0.2) is 0 Å². The molecule has 0 fully saturated rings. The lowest BCUT2D eigenvalue weighted by atomic mass is 10.0. The number of hydrogen-bond donors (Lipinski definition) is 2. The maximum absolute atomic E-state index is 11.3. The molecule has 1 aromatic heterocycles. The minimum Gasteiger partial charge on any atom is -0.480 e. The van der Waals surface area contributed by atoms with Crippen molar-refractivity contribution in [2.75, 3.05) is 0 Å². The first-order valence-corrected chi connectivity index (χ1v) is 6.98. The standard InChI is InChI=1S/C16H22N2O2/c1-11(2)8-14(16(19)20)17-9-12-10-18(3)15-7-5-4-6-13(12)15/h4-7,10-11,14,17H,8-9H2,1-3H3,(H,19,20). The van der Waals surface area contributed by atoms with Crippen LogP contribution in [0.25, 0.3) is 10.9 Å². The summed E-state index contributed by atoms with van der Waals surface area (Å²) in [6, 6.07) is 7.67. The van der Waals surface area contributed by atoms with Crippen LogP contribution in [-0.4, -0.2) is 21.7 Å². The van der Waals surface area contributed by atoms with Gasteiger partial charge in [-0.05, 0) is 24.0 Å². The Labute approximate surface area is 119 Å². The van der Waals surface area contributed by atoms with E-state index >= 15 is 0 Å². The van der Waals surface area contributed by atoms with Gasteiger partial charge in [0.05, 0.1) is 0 Å². The van der Waals surface area contributed by atoms with Crippen LogP contribution < -0.4 is 5.32 Å². The zero-order chi connectivity index (χ0) is 14.7. The molecule has 2 rings (SSSR count). The highest BCUT2D eigenvalue weighted by molar-refractivity contribution is 5.84. The molecule has 2 N–H and O–H groups in total. The van der Waals surface area contributed by atoms with Crippen molar-refractivity contribution >= 4 is 16.9 Å². The minimum absolute atomic E-state index is 0.358. The van der Waals surface area contributed by atoms with Crippen LogP contribution in [0.5, 0.6) is 0 Å². The van der Waals surface area contributed by atoms with E-state index in [4.69, 9.17) is 0 Å². The molecule has 20 heavy (non-hydrogen) atoms. The highest BCUT2D eigenvalue weighted by Gasteiger charge is 2.18. The van der Waals surface area contributed by atoms with E-state index < -0.39 is 12.0 Å². The minimum atomic E-state index is -0.779. The number of nitrogens with one attached hydrogen (secondary N) is 1. The molecule has 0 aliphatic heterocycles. The highest BCUT2D eigenvalue weighted by Crippen LogP contribution is 2.20. The molecule has 0 spiro atoms. The fourth-order valence-electron chi connectivity index (χ4n) is 2.54. The Hall–Kier alpha value is -1.81. The van der Waals surface area contributed by atoms with Crippen molar-refractivity contribution in [3.63, 3.8) is 0 Å². The second-order valence-corrected chi connectivity index (χ2v) is 5.68. The number of aromatic nitrogens is 1. The Morgan fingerprint density at radius 3 is 2.70 bits per heavy atom. The summed E-state index contributed by atoms with van der Waals surface area (Å²) in [5.74, 6) is -0.421. The van der Waals surface area contributed by atoms with Crippen LogP contribution in [0.2, 0.25) is 0 Å². The number of hydrogen-bond acceptors (Lipinski definition) is 2. The van der Waals surface area contributed by atoms with Crippen LogP contribution in [0.4, 0.5) is 0 Å². The summed E-state index contributed by atoms with van der Waals surface area (Å²) in [6.07, 6.45) is 2.70. The number of aliphatic carboxylic acids is 1. The Balaban J connectivity index is 2.14. The van der Waals surface area contributed by atoms with Gasteiger partial charge in [-0.15, -0.1) is 0 Å². The smallest absolute Gasteiger partial charge is 0.320 e. The van der Waals surface area contributed by atoms with Crippen molar-refractivity contribution in [1.29, 1.82) is 0 Å². The quantitative estimate of drug-likeness (QED) is 0.851. The molecule has 1 atom stereocenters. The molecular formula is C16H22N2O2. The predicted molar refractivity (Wildman–Crippen MR) is 80.6 cm³/mol. The summed E-state index contributed by atoms with van der Waals surface area (Å²) in [4.78, 5) is 11.3. The Morgan fingerprint density at radius 2 is 2.05 bits per heavy atom. The van der Waals surface area contributed by atoms with Crippen molar-refractivity contribution in [3.8, 4) is 0 Å². The first-order chi connectivity index (χ1) is 9.49. The monoisotopic (exact) mass is 274 g/mol. The van der Waals surface area contributed by atoms with Gasteiger partial charge in [0.2, 0.25) is 0 Å². The zero-order valence-electron chi connectivity index (χ0n) is 12.3. The molecule has 1 unspecified atom stereocenters. The summed E-state index contributed by atoms with van der Waals surface area (Å²) in [5.41, 5.74) is 2.30. The van der Waals surface area contributed by atoms with Gasteiger partial charge in [-0.1, -0.05) is 32.0 Å². The zero-order valence-corrected chi connectivity index (χ0v) is 12.3. The SMILES string of the molecule is CC(C)CC(NCc1cn(C)c2ccccc12)C(=O)O. The topological polar surface area (TPSA) is 54.3 Å². The first kappa shape index (κ1) is 14.6. The molecule has 0 amide bonds. The van der Waals surface area contributed by atoms with Crippen LogP contribution >= 0.6 is 0 Å². The van der Waals surface area contributed by atoms with Gasteiger partial charge in [0.1, 0.15) is 6.04 Å². The molecule has 0 radical (unpaired) electrons. The molecular weight excluding hydrogens is 252 g/mol. The van der Waals surface area contributed by atoms with E-state index in [1.54, 1.807) is 0 Å². The van der Waals surface area contributed by atoms with Gasteiger partial charge < -0.3 is 15.0 Å². The van der Waals surface area contributed by atoms with Gasteiger partial charge >= 0.3 is 5.97 Å². The summed E-state index contributed by atoms with van der Waals surface area (Å²) in [5, 5.41) is 13.6. The molecule has 0 saturated carbocycles. The second kappa shape index (κ2) is 6.09. The van der Waals surface area contributed by atoms with Crippen molar-refractivity contribution in [1.82, 2.24) is 9.88 Å². The average Bonchev–Trinajstić information content (AvgIpc) is 2.71. The number of fused-ring (bicyclic) bond motifs is 1. The molecule has 0 bridgehead atoms. The summed E-state index contributed by atoms with van der Waals surface area (Å²) in [6.45, 7) is 4.65. The lowest BCUT2D eigenvalue weighted by Crippen LogP contribution is -2.37. The fraction of sp³-hybridized carbons (Fsp3) is 0.438. The number of carbonyl (C=O) groups is 1. The van der Waals surface area contributed by atoms with Gasteiger partial charge in [0.25, 0.3) is 0 Å². The number of carboxylic acid groups (broad SMARTS) is 1. The summed E-state index contributed by atoms with van der Waals surface area (Å²) >= 11 is 0. The van der Waals surface area contributed by atoms with E-state index in [1.807, 2.05) is 33.0 Å². The molecule has 4 heteroatoms. The van der Waals surface area contributed by atoms with Crippen LogP contribution in [0.1, 0.15) is 25.8 Å². The van der Waals surface area contributed by atoms with Crippen molar-refractivity contribution in [2.24, 2.45) is 13.0 Å². The third-order valence-corrected chi connectivity index (χ3v) is 3.52. The largest absolute Gasteiger partial charge is 0.480 e. The summed E-state index contributed by atoms with van der Waals surface area (Å²) < 4.78 is 2.07. The third-order valence-electron chi connectivity index (χ3n) is 3.52. The third kappa shape index (κ3) is 3.20. The molecule has 0 aliphatic rings. The van der Waals surface area contributed by atoms with E-state index in [2.05, 4.69) is 28.2 Å². The lowest BCUT2D eigenvalue weighted by molar-refractivity contribution is -0.140. The van der Waals surface area contributed by atoms with Crippen molar-refractivity contribution < 1.29 is 9.90 Å². The molecule has 0 aliphatic carbocycles. The molecule has 0 saturated heterocycles. The molecule has 1 heterocycles. The van der Waals surface area contributed by atoms with E-state index in [0.29, 0.717) is 18.9 Å². The Bertz CT molecular complexity index is 602.